The first kappa shape index (κ1) is 11.4. The number of anilines is 1. The van der Waals surface area contributed by atoms with Gasteiger partial charge >= 0.3 is 0 Å². The summed E-state index contributed by atoms with van der Waals surface area (Å²) in [4.78, 5) is 0. The van der Waals surface area contributed by atoms with E-state index in [1.165, 1.54) is 5.54 Å². The Labute approximate surface area is 93.7 Å². The van der Waals surface area contributed by atoms with Crippen molar-refractivity contribution in [3.05, 3.63) is 34.9 Å². The average molecular weight is 223 g/mol. The first-order chi connectivity index (χ1) is 7.17. The van der Waals surface area contributed by atoms with E-state index in [0.717, 1.165) is 5.57 Å². The summed E-state index contributed by atoms with van der Waals surface area (Å²) in [5, 5.41) is 8.84. The lowest BCUT2D eigenvalue weighted by atomic mass is 10.2. The molecule has 1 rings (SSSR count). The van der Waals surface area contributed by atoms with Crippen LogP contribution in [0.15, 0.2) is 29.3 Å². The first-order valence-electron chi connectivity index (χ1n) is 4.35. The maximum atomic E-state index is 8.84. The van der Waals surface area contributed by atoms with Gasteiger partial charge in [0.25, 0.3) is 0 Å². The molecule has 0 aliphatic carbocycles. The Kier molecular flexibility index (Phi) is 4.02. The van der Waals surface area contributed by atoms with Gasteiger partial charge in [0, 0.05) is 11.2 Å². The number of halogens is 1. The third kappa shape index (κ3) is 3.19. The van der Waals surface area contributed by atoms with Gasteiger partial charge in [-0.25, -0.2) is 0 Å². The Bertz CT molecular complexity index is 421. The van der Waals surface area contributed by atoms with E-state index >= 15 is 0 Å². The third-order valence-electron chi connectivity index (χ3n) is 1.77. The molecule has 0 unspecified atom stereocenters. The van der Waals surface area contributed by atoms with Gasteiger partial charge < -0.3 is 10.5 Å². The molecule has 0 spiro atoms. The molecular weight excluding hydrogens is 212 g/mol. The lowest BCUT2D eigenvalue weighted by Crippen LogP contribution is -2.00. The highest BCUT2D eigenvalue weighted by Crippen LogP contribution is 2.20. The molecule has 3 nitrogen and oxygen atoms in total. The van der Waals surface area contributed by atoms with Gasteiger partial charge in [0.05, 0.1) is 5.56 Å². The Hall–Kier alpha value is -1.66. The first-order valence-corrected chi connectivity index (χ1v) is 4.79. The SMILES string of the molecule is C/C(=C/Cl)COc1ccc(N)cc1C#N. The lowest BCUT2D eigenvalue weighted by molar-refractivity contribution is 0.351. The molecule has 0 saturated heterocycles. The van der Waals surface area contributed by atoms with E-state index in [9.17, 15) is 0 Å². The van der Waals surface area contributed by atoms with Crippen molar-refractivity contribution in [1.29, 1.82) is 5.26 Å². The largest absolute Gasteiger partial charge is 0.488 e. The highest BCUT2D eigenvalue weighted by Gasteiger charge is 2.03. The Morgan fingerprint density at radius 3 is 3.00 bits per heavy atom. The minimum Gasteiger partial charge on any atom is -0.488 e. The van der Waals surface area contributed by atoms with Gasteiger partial charge in [-0.1, -0.05) is 11.6 Å². The summed E-state index contributed by atoms with van der Waals surface area (Å²) >= 11 is 5.49. The molecule has 0 bridgehead atoms. The molecule has 2 N–H and O–H groups in total. The van der Waals surface area contributed by atoms with Crippen LogP contribution in [0.1, 0.15) is 12.5 Å². The number of nitrogen functional groups attached to an aromatic ring is 1. The fourth-order valence-corrected chi connectivity index (χ4v) is 1.05. The van der Waals surface area contributed by atoms with Crippen LogP contribution in [0.2, 0.25) is 0 Å². The zero-order valence-corrected chi connectivity index (χ0v) is 9.08. The second-order valence-electron chi connectivity index (χ2n) is 3.11. The second kappa shape index (κ2) is 5.28. The van der Waals surface area contributed by atoms with Crippen LogP contribution >= 0.6 is 11.6 Å². The number of rotatable bonds is 3. The van der Waals surface area contributed by atoms with Gasteiger partial charge in [0.2, 0.25) is 0 Å². The van der Waals surface area contributed by atoms with Crippen molar-refractivity contribution in [2.24, 2.45) is 0 Å². The molecule has 1 aromatic rings. The monoisotopic (exact) mass is 222 g/mol. The molecule has 4 heteroatoms. The standard InChI is InChI=1S/C11H11ClN2O/c1-8(5-12)7-15-11-3-2-10(14)4-9(11)6-13/h2-5H,7,14H2,1H3/b8-5-. The molecule has 0 aromatic heterocycles. The summed E-state index contributed by atoms with van der Waals surface area (Å²) in [7, 11) is 0. The topological polar surface area (TPSA) is 59.0 Å². The fourth-order valence-electron chi connectivity index (χ4n) is 0.984. The normalized spacial score (nSPS) is 10.9. The zero-order chi connectivity index (χ0) is 11.3. The highest BCUT2D eigenvalue weighted by atomic mass is 35.5. The van der Waals surface area contributed by atoms with Gasteiger partial charge in [0.15, 0.2) is 0 Å². The second-order valence-corrected chi connectivity index (χ2v) is 3.33. The summed E-state index contributed by atoms with van der Waals surface area (Å²) in [6, 6.07) is 6.97. The molecule has 0 heterocycles. The number of benzene rings is 1. The quantitative estimate of drug-likeness (QED) is 0.800. The van der Waals surface area contributed by atoms with E-state index in [4.69, 9.17) is 27.3 Å². The van der Waals surface area contributed by atoms with Gasteiger partial charge in [-0.15, -0.1) is 0 Å². The van der Waals surface area contributed by atoms with E-state index in [0.29, 0.717) is 23.6 Å². The molecule has 0 amide bonds. The molecule has 15 heavy (non-hydrogen) atoms. The molecule has 0 aliphatic rings. The lowest BCUT2D eigenvalue weighted by Gasteiger charge is -2.07. The summed E-state index contributed by atoms with van der Waals surface area (Å²) in [5.74, 6) is 0.518. The predicted molar refractivity (Wildman–Crippen MR) is 60.7 cm³/mol. The zero-order valence-electron chi connectivity index (χ0n) is 8.33. The summed E-state index contributed by atoms with van der Waals surface area (Å²) in [5.41, 5.74) is 8.85. The third-order valence-corrected chi connectivity index (χ3v) is 2.14. The Balaban J connectivity index is 2.82. The van der Waals surface area contributed by atoms with Crippen molar-refractivity contribution in [3.8, 4) is 11.8 Å². The molecular formula is C11H11ClN2O. The van der Waals surface area contributed by atoms with E-state index in [1.807, 2.05) is 13.0 Å². The number of nitrogens with zero attached hydrogens (tertiary/aromatic N) is 1. The molecule has 0 fully saturated rings. The van der Waals surface area contributed by atoms with Gasteiger partial charge in [-0.05, 0) is 30.7 Å². The van der Waals surface area contributed by atoms with Crippen molar-refractivity contribution in [1.82, 2.24) is 0 Å². The summed E-state index contributed by atoms with van der Waals surface area (Å²) in [6.45, 7) is 2.21. The minimum atomic E-state index is 0.363. The van der Waals surface area contributed by atoms with Crippen molar-refractivity contribution in [3.63, 3.8) is 0 Å². The van der Waals surface area contributed by atoms with Crippen LogP contribution < -0.4 is 10.5 Å². The average Bonchev–Trinajstić information content (AvgIpc) is 2.26. The van der Waals surface area contributed by atoms with Gasteiger partial charge in [-0.2, -0.15) is 5.26 Å². The maximum absolute atomic E-state index is 8.84. The molecule has 1 aromatic carbocycles. The van der Waals surface area contributed by atoms with Crippen LogP contribution in [0, 0.1) is 11.3 Å². The van der Waals surface area contributed by atoms with Crippen molar-refractivity contribution < 1.29 is 4.74 Å². The van der Waals surface area contributed by atoms with Crippen LogP contribution in [0.4, 0.5) is 5.69 Å². The summed E-state index contributed by atoms with van der Waals surface area (Å²) in [6.07, 6.45) is 0. The van der Waals surface area contributed by atoms with E-state index in [2.05, 4.69) is 0 Å². The minimum absolute atomic E-state index is 0.363. The van der Waals surface area contributed by atoms with E-state index < -0.39 is 0 Å². The van der Waals surface area contributed by atoms with Gasteiger partial charge in [0.1, 0.15) is 18.4 Å². The number of hydrogen-bond donors (Lipinski definition) is 1. The fraction of sp³-hybridized carbons (Fsp3) is 0.182. The van der Waals surface area contributed by atoms with Crippen molar-refractivity contribution in [2.45, 2.75) is 6.92 Å². The number of hydrogen-bond acceptors (Lipinski definition) is 3. The summed E-state index contributed by atoms with van der Waals surface area (Å²) < 4.78 is 5.40. The predicted octanol–water partition coefficient (Wildman–Crippen LogP) is 2.66. The van der Waals surface area contributed by atoms with Crippen LogP contribution in [0.25, 0.3) is 0 Å². The molecule has 0 saturated carbocycles. The van der Waals surface area contributed by atoms with Crippen LogP contribution in [0.3, 0.4) is 0 Å². The van der Waals surface area contributed by atoms with Crippen molar-refractivity contribution in [2.75, 3.05) is 12.3 Å². The van der Waals surface area contributed by atoms with Gasteiger partial charge in [-0.3, -0.25) is 0 Å². The Morgan fingerprint density at radius 2 is 2.40 bits per heavy atom. The smallest absolute Gasteiger partial charge is 0.137 e. The molecule has 78 valence electrons. The molecule has 0 atom stereocenters. The Morgan fingerprint density at radius 1 is 1.67 bits per heavy atom. The molecule has 0 aliphatic heterocycles. The van der Waals surface area contributed by atoms with Crippen LogP contribution in [0.5, 0.6) is 5.75 Å². The van der Waals surface area contributed by atoms with Crippen LogP contribution in [-0.4, -0.2) is 6.61 Å². The number of nitriles is 1. The van der Waals surface area contributed by atoms with Crippen LogP contribution in [-0.2, 0) is 0 Å². The van der Waals surface area contributed by atoms with Crippen molar-refractivity contribution >= 4 is 17.3 Å². The maximum Gasteiger partial charge on any atom is 0.137 e. The number of ether oxygens (including phenoxy) is 1. The molecule has 0 radical (unpaired) electrons. The van der Waals surface area contributed by atoms with E-state index in [-0.39, 0.29) is 0 Å². The van der Waals surface area contributed by atoms with E-state index in [1.54, 1.807) is 18.2 Å². The highest BCUT2D eigenvalue weighted by molar-refractivity contribution is 6.25. The number of nitrogens with two attached hydrogens (primary N) is 1.